The van der Waals surface area contributed by atoms with Crippen LogP contribution in [0.25, 0.3) is 10.8 Å². The molecule has 1 atom stereocenters. The Hall–Kier alpha value is -3.40. The van der Waals surface area contributed by atoms with Crippen LogP contribution in [0, 0.1) is 5.92 Å². The minimum atomic E-state index is -0.806. The maximum Gasteiger partial charge on any atom is 0.335 e. The van der Waals surface area contributed by atoms with E-state index in [2.05, 4.69) is 13.8 Å². The van der Waals surface area contributed by atoms with Gasteiger partial charge in [-0.15, -0.1) is 0 Å². The maximum atomic E-state index is 13.6. The number of amides is 1. The Labute approximate surface area is 188 Å². The topological polar surface area (TPSA) is 46.6 Å². The van der Waals surface area contributed by atoms with Crippen LogP contribution in [-0.4, -0.2) is 29.9 Å². The van der Waals surface area contributed by atoms with Crippen molar-refractivity contribution in [1.82, 2.24) is 4.90 Å². The zero-order chi connectivity index (χ0) is 22.3. The number of hydrogen-bond acceptors (Lipinski definition) is 3. The molecule has 5 rings (SSSR count). The van der Waals surface area contributed by atoms with E-state index in [1.54, 1.807) is 0 Å². The van der Waals surface area contributed by atoms with Crippen LogP contribution in [0.4, 0.5) is 0 Å². The monoisotopic (exact) mass is 425 g/mol. The summed E-state index contributed by atoms with van der Waals surface area (Å²) < 4.78 is 6.15. The summed E-state index contributed by atoms with van der Waals surface area (Å²) in [6, 6.07) is 23.8. The third-order valence-corrected chi connectivity index (χ3v) is 6.59. The third kappa shape index (κ3) is 3.31. The smallest absolute Gasteiger partial charge is 0.335 e. The summed E-state index contributed by atoms with van der Waals surface area (Å²) >= 11 is 0. The molecule has 3 aromatic rings. The van der Waals surface area contributed by atoms with Gasteiger partial charge in [0.05, 0.1) is 0 Å². The molecule has 2 aliphatic rings. The summed E-state index contributed by atoms with van der Waals surface area (Å²) in [5, 5.41) is 2.00. The average Bonchev–Trinajstić information content (AvgIpc) is 3.10. The Morgan fingerprint density at radius 1 is 1.00 bits per heavy atom. The molecule has 1 unspecified atom stereocenters. The number of esters is 1. The lowest BCUT2D eigenvalue weighted by atomic mass is 9.77. The van der Waals surface area contributed by atoms with Crippen LogP contribution < -0.4 is 0 Å². The highest BCUT2D eigenvalue weighted by molar-refractivity contribution is 6.07. The molecule has 0 aromatic heterocycles. The van der Waals surface area contributed by atoms with E-state index in [1.807, 2.05) is 77.7 Å². The number of carbonyl (C=O) groups is 2. The van der Waals surface area contributed by atoms with Crippen molar-refractivity contribution in [2.24, 2.45) is 5.92 Å². The van der Waals surface area contributed by atoms with Crippen LogP contribution in [0.15, 0.2) is 83.9 Å². The molecule has 1 amide bonds. The molecule has 32 heavy (non-hydrogen) atoms. The number of fused-ring (bicyclic) bond motifs is 1. The van der Waals surface area contributed by atoms with Crippen LogP contribution in [0.5, 0.6) is 0 Å². The zero-order valence-corrected chi connectivity index (χ0v) is 18.5. The van der Waals surface area contributed by atoms with Gasteiger partial charge in [-0.05, 0) is 41.2 Å². The summed E-state index contributed by atoms with van der Waals surface area (Å²) in [5.41, 5.74) is 2.57. The molecule has 0 saturated carbocycles. The van der Waals surface area contributed by atoms with Crippen LogP contribution in [0.2, 0.25) is 0 Å². The van der Waals surface area contributed by atoms with E-state index in [4.69, 9.17) is 4.74 Å². The van der Waals surface area contributed by atoms with Crippen molar-refractivity contribution in [1.29, 1.82) is 0 Å². The third-order valence-electron chi connectivity index (χ3n) is 6.59. The second kappa shape index (κ2) is 7.94. The van der Waals surface area contributed by atoms with Gasteiger partial charge in [0, 0.05) is 29.8 Å². The summed E-state index contributed by atoms with van der Waals surface area (Å²) in [6.07, 6.45) is 1.22. The van der Waals surface area contributed by atoms with Crippen molar-refractivity contribution in [2.45, 2.75) is 32.3 Å². The molecule has 0 aliphatic carbocycles. The molecule has 4 nitrogen and oxygen atoms in total. The molecule has 0 spiro atoms. The second-order valence-electron chi connectivity index (χ2n) is 9.14. The lowest BCUT2D eigenvalue weighted by Crippen LogP contribution is -2.42. The maximum absolute atomic E-state index is 13.6. The molecule has 0 fully saturated rings. The van der Waals surface area contributed by atoms with Gasteiger partial charge in [-0.25, -0.2) is 4.79 Å². The Morgan fingerprint density at radius 2 is 1.72 bits per heavy atom. The Bertz CT molecular complexity index is 1220. The molecule has 2 aliphatic heterocycles. The highest BCUT2D eigenvalue weighted by atomic mass is 16.6. The Kier molecular flexibility index (Phi) is 5.09. The number of rotatable bonds is 4. The van der Waals surface area contributed by atoms with E-state index in [0.29, 0.717) is 37.4 Å². The van der Waals surface area contributed by atoms with Crippen molar-refractivity contribution in [3.05, 3.63) is 95.1 Å². The molecule has 162 valence electrons. The fourth-order valence-electron chi connectivity index (χ4n) is 5.19. The fraction of sp³-hybridized carbons (Fsp3) is 0.286. The van der Waals surface area contributed by atoms with Gasteiger partial charge in [0.25, 0.3) is 5.91 Å². The summed E-state index contributed by atoms with van der Waals surface area (Å²) in [4.78, 5) is 28.4. The van der Waals surface area contributed by atoms with Gasteiger partial charge in [0.2, 0.25) is 0 Å². The number of nitrogens with zero attached hydrogens (tertiary/aromatic N) is 1. The van der Waals surface area contributed by atoms with Crippen LogP contribution in [-0.2, 0) is 15.1 Å². The SMILES string of the molecule is CC(C)CC1(c2ccccc2)OC(=O)C2=C1CN(C(=O)c1cccc3ccccc13)CC2. The number of hydrogen-bond donors (Lipinski definition) is 0. The summed E-state index contributed by atoms with van der Waals surface area (Å²) in [6.45, 7) is 5.20. The van der Waals surface area contributed by atoms with Crippen LogP contribution >= 0.6 is 0 Å². The fourth-order valence-corrected chi connectivity index (χ4v) is 5.19. The summed E-state index contributed by atoms with van der Waals surface area (Å²) in [7, 11) is 0. The predicted octanol–water partition coefficient (Wildman–Crippen LogP) is 5.48. The molecule has 0 N–H and O–H groups in total. The first kappa shape index (κ1) is 20.5. The number of cyclic esters (lactones) is 1. The van der Waals surface area contributed by atoms with Gasteiger partial charge in [-0.1, -0.05) is 80.6 Å². The lowest BCUT2D eigenvalue weighted by Gasteiger charge is -2.37. The highest BCUT2D eigenvalue weighted by Crippen LogP contribution is 2.48. The van der Waals surface area contributed by atoms with Gasteiger partial charge in [0.15, 0.2) is 5.60 Å². The molecule has 0 radical (unpaired) electrons. The van der Waals surface area contributed by atoms with Crippen LogP contribution in [0.1, 0.15) is 42.6 Å². The number of ether oxygens (including phenoxy) is 1. The van der Waals surface area contributed by atoms with Gasteiger partial charge >= 0.3 is 5.97 Å². The molecular weight excluding hydrogens is 398 g/mol. The van der Waals surface area contributed by atoms with Crippen molar-refractivity contribution in [3.63, 3.8) is 0 Å². The molecule has 0 bridgehead atoms. The Morgan fingerprint density at radius 3 is 2.50 bits per heavy atom. The standard InChI is InChI=1S/C28H27NO3/c1-19(2)17-28(21-11-4-3-5-12-21)25-18-29(16-15-24(25)27(31)32-28)26(30)23-14-8-10-20-9-6-7-13-22(20)23/h3-14,19H,15-18H2,1-2H3. The van der Waals surface area contributed by atoms with Gasteiger partial charge in [-0.2, -0.15) is 0 Å². The molecule has 3 aromatic carbocycles. The van der Waals surface area contributed by atoms with Gasteiger partial charge in [0.1, 0.15) is 0 Å². The van der Waals surface area contributed by atoms with E-state index >= 15 is 0 Å². The van der Waals surface area contributed by atoms with Crippen molar-refractivity contribution in [3.8, 4) is 0 Å². The molecule has 2 heterocycles. The summed E-state index contributed by atoms with van der Waals surface area (Å²) in [5.74, 6) is 0.0833. The molecule has 0 saturated heterocycles. The minimum absolute atomic E-state index is 0.000734. The average molecular weight is 426 g/mol. The van der Waals surface area contributed by atoms with Crippen LogP contribution in [0.3, 0.4) is 0 Å². The van der Waals surface area contributed by atoms with Crippen molar-refractivity contribution in [2.75, 3.05) is 13.1 Å². The predicted molar refractivity (Wildman–Crippen MR) is 125 cm³/mol. The lowest BCUT2D eigenvalue weighted by molar-refractivity contribution is -0.149. The minimum Gasteiger partial charge on any atom is -0.446 e. The number of benzene rings is 3. The quantitative estimate of drug-likeness (QED) is 0.520. The first-order valence-electron chi connectivity index (χ1n) is 11.3. The zero-order valence-electron chi connectivity index (χ0n) is 18.5. The van der Waals surface area contributed by atoms with Gasteiger partial charge in [-0.3, -0.25) is 4.79 Å². The normalized spacial score (nSPS) is 20.6. The molecular formula is C28H27NO3. The van der Waals surface area contributed by atoms with E-state index < -0.39 is 5.60 Å². The van der Waals surface area contributed by atoms with Crippen molar-refractivity contribution < 1.29 is 14.3 Å². The molecule has 4 heteroatoms. The first-order chi connectivity index (χ1) is 15.5. The van der Waals surface area contributed by atoms with E-state index in [0.717, 1.165) is 27.5 Å². The van der Waals surface area contributed by atoms with Gasteiger partial charge < -0.3 is 9.64 Å². The first-order valence-corrected chi connectivity index (χ1v) is 11.3. The van der Waals surface area contributed by atoms with E-state index in [9.17, 15) is 9.59 Å². The number of carbonyl (C=O) groups excluding carboxylic acids is 2. The largest absolute Gasteiger partial charge is 0.446 e. The highest BCUT2D eigenvalue weighted by Gasteiger charge is 2.50. The second-order valence-corrected chi connectivity index (χ2v) is 9.14. The van der Waals surface area contributed by atoms with Crippen molar-refractivity contribution >= 4 is 22.6 Å². The van der Waals surface area contributed by atoms with E-state index in [1.165, 1.54) is 0 Å². The van der Waals surface area contributed by atoms with E-state index in [-0.39, 0.29) is 11.9 Å². The Balaban J connectivity index is 1.55.